The minimum Gasteiger partial charge on any atom is -0.469 e. The van der Waals surface area contributed by atoms with Crippen molar-refractivity contribution in [2.75, 3.05) is 12.9 Å². The molecule has 0 aromatic heterocycles. The summed E-state index contributed by atoms with van der Waals surface area (Å²) >= 11 is 0. The lowest BCUT2D eigenvalue weighted by molar-refractivity contribution is -0.144. The average molecular weight is 262 g/mol. The second kappa shape index (κ2) is 5.86. The molecule has 6 heteroatoms. The number of hydrogen-bond acceptors (Lipinski definition) is 3. The maximum Gasteiger partial charge on any atom is 0.309 e. The first kappa shape index (κ1) is 13.8. The number of hydrogen-bond donors (Lipinski definition) is 0. The highest BCUT2D eigenvalue weighted by molar-refractivity contribution is 7.85. The summed E-state index contributed by atoms with van der Waals surface area (Å²) in [6.45, 7) is 1.53. The van der Waals surface area contributed by atoms with Gasteiger partial charge in [0.2, 0.25) is 0 Å². The van der Waals surface area contributed by atoms with Crippen molar-refractivity contribution in [2.45, 2.75) is 11.8 Å². The Morgan fingerprint density at radius 1 is 1.47 bits per heavy atom. The van der Waals surface area contributed by atoms with E-state index in [1.165, 1.54) is 14.0 Å². The van der Waals surface area contributed by atoms with Gasteiger partial charge in [0.25, 0.3) is 0 Å². The summed E-state index contributed by atoms with van der Waals surface area (Å²) in [7, 11) is -0.476. The van der Waals surface area contributed by atoms with Crippen LogP contribution in [0.15, 0.2) is 23.1 Å². The van der Waals surface area contributed by atoms with Crippen LogP contribution < -0.4 is 0 Å². The zero-order valence-corrected chi connectivity index (χ0v) is 10.2. The monoisotopic (exact) mass is 262 g/mol. The van der Waals surface area contributed by atoms with Crippen LogP contribution in [-0.4, -0.2) is 23.0 Å². The van der Waals surface area contributed by atoms with Gasteiger partial charge in [0.15, 0.2) is 0 Å². The fraction of sp³-hybridized carbons (Fsp3) is 0.364. The minimum absolute atomic E-state index is 0.0603. The molecule has 94 valence electrons. The molecule has 0 aliphatic carbocycles. The summed E-state index contributed by atoms with van der Waals surface area (Å²) in [5.41, 5.74) is 0. The van der Waals surface area contributed by atoms with E-state index >= 15 is 0 Å². The molecule has 0 fully saturated rings. The first-order valence-electron chi connectivity index (χ1n) is 4.87. The van der Waals surface area contributed by atoms with Crippen LogP contribution in [0, 0.1) is 17.6 Å². The van der Waals surface area contributed by atoms with Gasteiger partial charge in [-0.15, -0.1) is 0 Å². The van der Waals surface area contributed by atoms with Gasteiger partial charge in [-0.05, 0) is 12.1 Å². The Hall–Kier alpha value is -1.30. The van der Waals surface area contributed by atoms with Crippen LogP contribution in [-0.2, 0) is 20.3 Å². The predicted octanol–water partition coefficient (Wildman–Crippen LogP) is 1.88. The molecule has 1 aromatic rings. The fourth-order valence-corrected chi connectivity index (χ4v) is 2.51. The highest BCUT2D eigenvalue weighted by Gasteiger charge is 2.19. The Morgan fingerprint density at radius 2 is 2.12 bits per heavy atom. The standard InChI is InChI=1S/C11H12F2O3S/c1-7(11(14)16-2)6-17(15)10-4-3-8(12)5-9(10)13/h3-5,7H,6H2,1-2H3. The van der Waals surface area contributed by atoms with Gasteiger partial charge >= 0.3 is 5.97 Å². The van der Waals surface area contributed by atoms with Gasteiger partial charge in [0.1, 0.15) is 11.6 Å². The van der Waals surface area contributed by atoms with Crippen molar-refractivity contribution >= 4 is 16.8 Å². The van der Waals surface area contributed by atoms with Crippen LogP contribution in [0.3, 0.4) is 0 Å². The van der Waals surface area contributed by atoms with Crippen LogP contribution in [0.5, 0.6) is 0 Å². The van der Waals surface area contributed by atoms with E-state index in [9.17, 15) is 17.8 Å². The molecule has 2 atom stereocenters. The zero-order chi connectivity index (χ0) is 13.0. The Kier molecular flexibility index (Phi) is 4.74. The number of halogens is 2. The van der Waals surface area contributed by atoms with Gasteiger partial charge in [0, 0.05) is 11.8 Å². The van der Waals surface area contributed by atoms with Crippen molar-refractivity contribution in [3.8, 4) is 0 Å². The van der Waals surface area contributed by atoms with E-state index in [0.29, 0.717) is 6.07 Å². The summed E-state index contributed by atoms with van der Waals surface area (Å²) < 4.78 is 42.1. The largest absolute Gasteiger partial charge is 0.469 e. The third-order valence-electron chi connectivity index (χ3n) is 2.14. The lowest BCUT2D eigenvalue weighted by Crippen LogP contribution is -2.19. The molecule has 0 aliphatic rings. The van der Waals surface area contributed by atoms with E-state index in [-0.39, 0.29) is 10.6 Å². The number of esters is 1. The zero-order valence-electron chi connectivity index (χ0n) is 9.41. The maximum atomic E-state index is 13.3. The maximum absolute atomic E-state index is 13.3. The number of rotatable bonds is 4. The summed E-state index contributed by atoms with van der Waals surface area (Å²) in [6.07, 6.45) is 0. The van der Waals surface area contributed by atoms with Crippen LogP contribution >= 0.6 is 0 Å². The molecule has 0 saturated carbocycles. The molecular weight excluding hydrogens is 250 g/mol. The summed E-state index contributed by atoms with van der Waals surface area (Å²) in [4.78, 5) is 11.0. The first-order valence-corrected chi connectivity index (χ1v) is 6.19. The number of benzene rings is 1. The van der Waals surface area contributed by atoms with Gasteiger partial charge in [0.05, 0.1) is 28.7 Å². The molecule has 0 heterocycles. The summed E-state index contributed by atoms with van der Waals surface area (Å²) in [5, 5.41) is 0. The van der Waals surface area contributed by atoms with Crippen molar-refractivity contribution in [1.29, 1.82) is 0 Å². The van der Waals surface area contributed by atoms with E-state index in [1.807, 2.05) is 0 Å². The predicted molar refractivity (Wildman–Crippen MR) is 58.8 cm³/mol. The molecule has 2 unspecified atom stereocenters. The third kappa shape index (κ3) is 3.59. The van der Waals surface area contributed by atoms with Crippen LogP contribution in [0.4, 0.5) is 8.78 Å². The van der Waals surface area contributed by atoms with Crippen molar-refractivity contribution < 1.29 is 22.5 Å². The number of carbonyl (C=O) groups is 1. The Balaban J connectivity index is 2.80. The van der Waals surface area contributed by atoms with Crippen LogP contribution in [0.1, 0.15) is 6.92 Å². The summed E-state index contributed by atoms with van der Waals surface area (Å²) in [6, 6.07) is 2.81. The van der Waals surface area contributed by atoms with Gasteiger partial charge in [-0.2, -0.15) is 0 Å². The van der Waals surface area contributed by atoms with Gasteiger partial charge in [-0.1, -0.05) is 6.92 Å². The molecule has 3 nitrogen and oxygen atoms in total. The minimum atomic E-state index is -1.70. The number of methoxy groups -OCH3 is 1. The molecule has 1 rings (SSSR count). The van der Waals surface area contributed by atoms with Gasteiger partial charge < -0.3 is 4.74 Å². The van der Waals surface area contributed by atoms with Crippen LogP contribution in [0.2, 0.25) is 0 Å². The lowest BCUT2D eigenvalue weighted by Gasteiger charge is -2.09. The average Bonchev–Trinajstić information content (AvgIpc) is 2.27. The van der Waals surface area contributed by atoms with Gasteiger partial charge in [-0.25, -0.2) is 8.78 Å². The first-order chi connectivity index (χ1) is 7.95. The highest BCUT2D eigenvalue weighted by atomic mass is 32.2. The molecule has 0 bridgehead atoms. The molecule has 0 radical (unpaired) electrons. The Bertz CT molecular complexity index is 448. The van der Waals surface area contributed by atoms with Crippen molar-refractivity contribution in [1.82, 2.24) is 0 Å². The van der Waals surface area contributed by atoms with Gasteiger partial charge in [-0.3, -0.25) is 9.00 Å². The normalized spacial score (nSPS) is 14.1. The summed E-state index contributed by atoms with van der Waals surface area (Å²) in [5.74, 6) is -2.79. The van der Waals surface area contributed by atoms with E-state index in [4.69, 9.17) is 0 Å². The van der Waals surface area contributed by atoms with E-state index in [2.05, 4.69) is 4.74 Å². The number of carbonyl (C=O) groups excluding carboxylic acids is 1. The molecule has 0 saturated heterocycles. The third-order valence-corrected chi connectivity index (χ3v) is 3.77. The van der Waals surface area contributed by atoms with E-state index < -0.39 is 34.3 Å². The highest BCUT2D eigenvalue weighted by Crippen LogP contribution is 2.16. The van der Waals surface area contributed by atoms with Crippen molar-refractivity contribution in [3.63, 3.8) is 0 Å². The molecule has 0 aliphatic heterocycles. The second-order valence-corrected chi connectivity index (χ2v) is 4.98. The molecule has 0 amide bonds. The lowest BCUT2D eigenvalue weighted by atomic mass is 10.2. The molecule has 0 N–H and O–H groups in total. The fourth-order valence-electron chi connectivity index (χ4n) is 1.25. The number of ether oxygens (including phenoxy) is 1. The second-order valence-electron chi connectivity index (χ2n) is 3.51. The van der Waals surface area contributed by atoms with E-state index in [0.717, 1.165) is 12.1 Å². The van der Waals surface area contributed by atoms with E-state index in [1.54, 1.807) is 0 Å². The van der Waals surface area contributed by atoms with Crippen molar-refractivity contribution in [3.05, 3.63) is 29.8 Å². The molecule has 1 aromatic carbocycles. The smallest absolute Gasteiger partial charge is 0.309 e. The topological polar surface area (TPSA) is 43.4 Å². The SMILES string of the molecule is COC(=O)C(C)CS(=O)c1ccc(F)cc1F. The quantitative estimate of drug-likeness (QED) is 0.778. The Labute approximate surface area is 100 Å². The van der Waals surface area contributed by atoms with Crippen molar-refractivity contribution in [2.24, 2.45) is 5.92 Å². The van der Waals surface area contributed by atoms with Crippen LogP contribution in [0.25, 0.3) is 0 Å². The Morgan fingerprint density at radius 3 is 2.65 bits per heavy atom. The molecule has 0 spiro atoms. The molecule has 17 heavy (non-hydrogen) atoms. The molecular formula is C11H12F2O3S.